The first kappa shape index (κ1) is 29.3. The van der Waals surface area contributed by atoms with Crippen molar-refractivity contribution in [2.24, 2.45) is 0 Å². The van der Waals surface area contributed by atoms with Gasteiger partial charge in [0.05, 0.1) is 0 Å². The molecule has 13 rings (SSSR count). The van der Waals surface area contributed by atoms with Crippen LogP contribution in [0.3, 0.4) is 0 Å². The number of fused-ring (bicyclic) bond motifs is 4. The van der Waals surface area contributed by atoms with E-state index in [2.05, 4.69) is 182 Å². The third-order valence-electron chi connectivity index (χ3n) is 12.3. The summed E-state index contributed by atoms with van der Waals surface area (Å²) in [7, 11) is 0. The van der Waals surface area contributed by atoms with Gasteiger partial charge >= 0.3 is 0 Å². The smallest absolute Gasteiger partial charge is 0.136 e. The highest BCUT2D eigenvalue weighted by molar-refractivity contribution is 6.29. The van der Waals surface area contributed by atoms with Gasteiger partial charge in [-0.1, -0.05) is 152 Å². The first-order valence-electron chi connectivity index (χ1n) is 19.1. The Morgan fingerprint density at radius 2 is 0.800 bits per heavy atom. The molecule has 1 aromatic heterocycles. The molecule has 0 bridgehead atoms. The van der Waals surface area contributed by atoms with E-state index in [4.69, 9.17) is 4.42 Å². The van der Waals surface area contributed by atoms with Gasteiger partial charge in [0.25, 0.3) is 0 Å². The summed E-state index contributed by atoms with van der Waals surface area (Å²) in [4.78, 5) is 0. The molecule has 0 aliphatic heterocycles. The van der Waals surface area contributed by atoms with Gasteiger partial charge in [0, 0.05) is 10.8 Å². The highest BCUT2D eigenvalue weighted by atomic mass is 16.3. The predicted octanol–water partition coefficient (Wildman–Crippen LogP) is 15.5. The van der Waals surface area contributed by atoms with E-state index < -0.39 is 0 Å². The van der Waals surface area contributed by atoms with Crippen LogP contribution in [0.25, 0.3) is 131 Å². The monoisotopic (exact) mass is 694 g/mol. The Bertz CT molecular complexity index is 3670. The second kappa shape index (κ2) is 10.7. The average molecular weight is 695 g/mol. The predicted molar refractivity (Wildman–Crippen MR) is 235 cm³/mol. The van der Waals surface area contributed by atoms with Crippen molar-refractivity contribution in [2.45, 2.75) is 0 Å². The first-order valence-corrected chi connectivity index (χ1v) is 19.1. The molecule has 13 aromatic rings. The fourth-order valence-corrected chi connectivity index (χ4v) is 9.78. The number of hydrogen-bond donors (Lipinski definition) is 0. The van der Waals surface area contributed by atoms with Crippen LogP contribution in [0.5, 0.6) is 0 Å². The second-order valence-electron chi connectivity index (χ2n) is 15.2. The third-order valence-corrected chi connectivity index (χ3v) is 12.3. The molecule has 55 heavy (non-hydrogen) atoms. The summed E-state index contributed by atoms with van der Waals surface area (Å²) in [5.41, 5.74) is 8.99. The molecule has 0 radical (unpaired) electrons. The Hall–Kier alpha value is -7.22. The van der Waals surface area contributed by atoms with Crippen molar-refractivity contribution in [2.75, 3.05) is 0 Å². The zero-order valence-corrected chi connectivity index (χ0v) is 29.7. The number of hydrogen-bond acceptors (Lipinski definition) is 1. The summed E-state index contributed by atoms with van der Waals surface area (Å²) >= 11 is 0. The SMILES string of the molecule is c1ccc(-c2ccc3cc4c(cc3c2)oc2cc(-c3ccc5ccc6cccc7ccc3c5c67)cc(-c3ccc5ccc6cccc7ccc3c5c67)c24)cc1. The fourth-order valence-electron chi connectivity index (χ4n) is 9.78. The maximum atomic E-state index is 6.98. The van der Waals surface area contributed by atoms with E-state index in [0.29, 0.717) is 0 Å². The minimum Gasteiger partial charge on any atom is -0.456 e. The molecular weight excluding hydrogens is 665 g/mol. The maximum absolute atomic E-state index is 6.98. The summed E-state index contributed by atoms with van der Waals surface area (Å²) in [6, 6.07) is 67.4. The summed E-state index contributed by atoms with van der Waals surface area (Å²) in [6.45, 7) is 0. The van der Waals surface area contributed by atoms with Crippen LogP contribution in [0, 0.1) is 0 Å². The molecule has 0 aliphatic carbocycles. The molecule has 1 heterocycles. The molecule has 0 unspecified atom stereocenters. The van der Waals surface area contributed by atoms with Crippen LogP contribution in [-0.2, 0) is 0 Å². The minimum atomic E-state index is 0.900. The standard InChI is InChI=1S/C54H30O/c1-2-6-31(7-3-1)38-16-17-39-27-47-48(29-40(39)26-38)55-49-30-41(42-22-18-36-14-12-32-8-4-10-34-20-24-44(42)52(36)50(32)34)28-46(54(47)49)43-23-19-37-15-13-33-9-5-11-35-21-25-45(43)53(37)51(33)35/h1-30H. The number of furan rings is 1. The molecule has 12 aromatic carbocycles. The van der Waals surface area contributed by atoms with Crippen molar-refractivity contribution in [3.63, 3.8) is 0 Å². The van der Waals surface area contributed by atoms with Gasteiger partial charge in [-0.05, 0) is 139 Å². The summed E-state index contributed by atoms with van der Waals surface area (Å²) in [5.74, 6) is 0. The normalized spacial score (nSPS) is 12.4. The lowest BCUT2D eigenvalue weighted by Gasteiger charge is -2.17. The van der Waals surface area contributed by atoms with E-state index in [1.807, 2.05) is 0 Å². The van der Waals surface area contributed by atoms with Gasteiger partial charge in [0.15, 0.2) is 0 Å². The van der Waals surface area contributed by atoms with E-state index in [0.717, 1.165) is 27.5 Å². The van der Waals surface area contributed by atoms with Crippen molar-refractivity contribution in [1.29, 1.82) is 0 Å². The Labute approximate surface area is 315 Å². The van der Waals surface area contributed by atoms with Crippen molar-refractivity contribution in [1.82, 2.24) is 0 Å². The average Bonchev–Trinajstić information content (AvgIpc) is 3.60. The Balaban J connectivity index is 1.14. The largest absolute Gasteiger partial charge is 0.456 e. The van der Waals surface area contributed by atoms with Gasteiger partial charge < -0.3 is 4.42 Å². The zero-order chi connectivity index (χ0) is 35.8. The Kier molecular flexibility index (Phi) is 5.69. The molecule has 0 fully saturated rings. The summed E-state index contributed by atoms with van der Waals surface area (Å²) < 4.78 is 6.98. The molecule has 1 nitrogen and oxygen atoms in total. The van der Waals surface area contributed by atoms with Gasteiger partial charge in [0.1, 0.15) is 11.2 Å². The molecule has 0 spiro atoms. The van der Waals surface area contributed by atoms with Crippen LogP contribution in [-0.4, -0.2) is 0 Å². The topological polar surface area (TPSA) is 13.1 Å². The number of rotatable bonds is 3. The van der Waals surface area contributed by atoms with Crippen LogP contribution >= 0.6 is 0 Å². The van der Waals surface area contributed by atoms with E-state index >= 15 is 0 Å². The van der Waals surface area contributed by atoms with Crippen LogP contribution in [0.15, 0.2) is 186 Å². The Morgan fingerprint density at radius 3 is 1.47 bits per heavy atom. The molecule has 1 heteroatoms. The second-order valence-corrected chi connectivity index (χ2v) is 15.2. The highest BCUT2D eigenvalue weighted by Gasteiger charge is 2.21. The van der Waals surface area contributed by atoms with Crippen LogP contribution in [0.2, 0.25) is 0 Å². The molecular formula is C54H30O. The maximum Gasteiger partial charge on any atom is 0.136 e. The lowest BCUT2D eigenvalue weighted by molar-refractivity contribution is 0.669. The zero-order valence-electron chi connectivity index (χ0n) is 29.7. The fraction of sp³-hybridized carbons (Fsp3) is 0. The van der Waals surface area contributed by atoms with Crippen LogP contribution < -0.4 is 0 Å². The molecule has 0 saturated carbocycles. The molecule has 0 aliphatic rings. The summed E-state index contributed by atoms with van der Waals surface area (Å²) in [5, 5.41) is 20.1. The molecule has 0 saturated heterocycles. The highest BCUT2D eigenvalue weighted by Crippen LogP contribution is 2.47. The Morgan fingerprint density at radius 1 is 0.236 bits per heavy atom. The lowest BCUT2D eigenvalue weighted by atomic mass is 9.86. The van der Waals surface area contributed by atoms with Gasteiger partial charge in [0.2, 0.25) is 0 Å². The van der Waals surface area contributed by atoms with Gasteiger partial charge in [-0.25, -0.2) is 0 Å². The molecule has 0 N–H and O–H groups in total. The van der Waals surface area contributed by atoms with E-state index in [9.17, 15) is 0 Å². The van der Waals surface area contributed by atoms with E-state index in [-0.39, 0.29) is 0 Å². The van der Waals surface area contributed by atoms with Gasteiger partial charge in [-0.15, -0.1) is 0 Å². The van der Waals surface area contributed by atoms with E-state index in [1.54, 1.807) is 0 Å². The molecule has 0 amide bonds. The lowest BCUT2D eigenvalue weighted by Crippen LogP contribution is -1.90. The van der Waals surface area contributed by atoms with E-state index in [1.165, 1.54) is 103 Å². The van der Waals surface area contributed by atoms with Gasteiger partial charge in [-0.3, -0.25) is 0 Å². The minimum absolute atomic E-state index is 0.900. The molecule has 252 valence electrons. The quantitative estimate of drug-likeness (QED) is 0.168. The molecule has 0 atom stereocenters. The third kappa shape index (κ3) is 4.07. The van der Waals surface area contributed by atoms with Crippen LogP contribution in [0.1, 0.15) is 0 Å². The van der Waals surface area contributed by atoms with Crippen molar-refractivity contribution in [3.05, 3.63) is 182 Å². The van der Waals surface area contributed by atoms with Crippen molar-refractivity contribution in [3.8, 4) is 33.4 Å². The van der Waals surface area contributed by atoms with Crippen molar-refractivity contribution < 1.29 is 4.42 Å². The summed E-state index contributed by atoms with van der Waals surface area (Å²) in [6.07, 6.45) is 0. The van der Waals surface area contributed by atoms with Gasteiger partial charge in [-0.2, -0.15) is 0 Å². The van der Waals surface area contributed by atoms with Crippen LogP contribution in [0.4, 0.5) is 0 Å². The number of benzene rings is 12. The first-order chi connectivity index (χ1) is 27.2. The van der Waals surface area contributed by atoms with Crippen molar-refractivity contribution >= 4 is 97.3 Å².